The Morgan fingerprint density at radius 1 is 1.16 bits per heavy atom. The molecule has 3 heterocycles. The number of benzene rings is 1. The van der Waals surface area contributed by atoms with Crippen LogP contribution in [0.25, 0.3) is 34.5 Å². The zero-order valence-corrected chi connectivity index (χ0v) is 13.7. The minimum atomic E-state index is 0.416. The van der Waals surface area contributed by atoms with Crippen molar-refractivity contribution in [2.75, 3.05) is 7.11 Å². The number of nitrogens with zero attached hydrogens (tertiary/aromatic N) is 4. The van der Waals surface area contributed by atoms with Crippen molar-refractivity contribution in [1.29, 1.82) is 0 Å². The molecule has 124 valence electrons. The molecule has 0 saturated heterocycles. The molecule has 0 saturated carbocycles. The number of fused-ring (bicyclic) bond motifs is 1. The number of hydrogen-bond donors (Lipinski definition) is 1. The van der Waals surface area contributed by atoms with Gasteiger partial charge in [0, 0.05) is 19.3 Å². The highest BCUT2D eigenvalue weighted by Gasteiger charge is 2.18. The van der Waals surface area contributed by atoms with Gasteiger partial charge in [0.2, 0.25) is 5.89 Å². The van der Waals surface area contributed by atoms with Crippen LogP contribution in [0.3, 0.4) is 0 Å². The van der Waals surface area contributed by atoms with Crippen LogP contribution in [-0.4, -0.2) is 32.5 Å². The standard InChI is InChI=1S/C18H15N5O2/c1-11-20-23-18(25-11)13-6-8-15-16(17(13)24-2)14(21-22-15)7-5-12-4-3-9-19-10-12/h3-10H,1-2H3,(H,21,22). The van der Waals surface area contributed by atoms with Crippen LogP contribution in [0.15, 0.2) is 41.1 Å². The van der Waals surface area contributed by atoms with Gasteiger partial charge in [-0.2, -0.15) is 5.10 Å². The normalized spacial score (nSPS) is 11.4. The number of aryl methyl sites for hydroxylation is 1. The third-order valence-electron chi connectivity index (χ3n) is 3.79. The summed E-state index contributed by atoms with van der Waals surface area (Å²) in [6.45, 7) is 1.75. The van der Waals surface area contributed by atoms with Crippen molar-refractivity contribution >= 4 is 23.1 Å². The SMILES string of the molecule is COc1c(-c2nnc(C)o2)ccc2[nH]nc(C=Cc3cccnc3)c12. The van der Waals surface area contributed by atoms with Crippen LogP contribution in [0, 0.1) is 6.92 Å². The fourth-order valence-electron chi connectivity index (χ4n) is 2.66. The largest absolute Gasteiger partial charge is 0.495 e. The Bertz CT molecular complexity index is 1050. The van der Waals surface area contributed by atoms with Crippen LogP contribution in [0.5, 0.6) is 5.75 Å². The maximum absolute atomic E-state index is 5.64. The van der Waals surface area contributed by atoms with Crippen LogP contribution < -0.4 is 4.74 Å². The predicted molar refractivity (Wildman–Crippen MR) is 93.8 cm³/mol. The quantitative estimate of drug-likeness (QED) is 0.615. The van der Waals surface area contributed by atoms with Gasteiger partial charge in [0.05, 0.1) is 29.3 Å². The fourth-order valence-corrected chi connectivity index (χ4v) is 2.66. The molecule has 1 N–H and O–H groups in total. The molecule has 1 aromatic carbocycles. The summed E-state index contributed by atoms with van der Waals surface area (Å²) >= 11 is 0. The summed E-state index contributed by atoms with van der Waals surface area (Å²) in [6, 6.07) is 7.66. The first kappa shape index (κ1) is 15.1. The van der Waals surface area contributed by atoms with Crippen LogP contribution in [0.1, 0.15) is 17.1 Å². The Balaban J connectivity index is 1.85. The molecule has 0 amide bonds. The fraction of sp³-hybridized carbons (Fsp3) is 0.111. The number of nitrogens with one attached hydrogen (secondary N) is 1. The second kappa shape index (κ2) is 6.20. The topological polar surface area (TPSA) is 89.7 Å². The molecule has 0 atom stereocenters. The van der Waals surface area contributed by atoms with Gasteiger partial charge in [-0.25, -0.2) is 0 Å². The summed E-state index contributed by atoms with van der Waals surface area (Å²) < 4.78 is 11.2. The second-order valence-electron chi connectivity index (χ2n) is 5.42. The maximum atomic E-state index is 5.64. The highest BCUT2D eigenvalue weighted by molar-refractivity contribution is 5.98. The highest BCUT2D eigenvalue weighted by Crippen LogP contribution is 2.37. The van der Waals surface area contributed by atoms with E-state index in [0.717, 1.165) is 27.7 Å². The van der Waals surface area contributed by atoms with Crippen molar-refractivity contribution in [3.05, 3.63) is 53.8 Å². The third kappa shape index (κ3) is 2.76. The first-order valence-electron chi connectivity index (χ1n) is 7.70. The summed E-state index contributed by atoms with van der Waals surface area (Å²) in [6.07, 6.45) is 7.39. The van der Waals surface area contributed by atoms with Crippen LogP contribution in [0.2, 0.25) is 0 Å². The van der Waals surface area contributed by atoms with E-state index in [2.05, 4.69) is 25.4 Å². The Morgan fingerprint density at radius 2 is 2.08 bits per heavy atom. The average Bonchev–Trinajstić information content (AvgIpc) is 3.26. The van der Waals surface area contributed by atoms with Gasteiger partial charge in [0.15, 0.2) is 0 Å². The lowest BCUT2D eigenvalue weighted by atomic mass is 10.1. The van der Waals surface area contributed by atoms with E-state index in [9.17, 15) is 0 Å². The maximum Gasteiger partial charge on any atom is 0.251 e. The lowest BCUT2D eigenvalue weighted by Crippen LogP contribution is -1.90. The molecular formula is C18H15N5O2. The third-order valence-corrected chi connectivity index (χ3v) is 3.79. The van der Waals surface area contributed by atoms with Gasteiger partial charge in [-0.1, -0.05) is 12.1 Å². The number of hydrogen-bond acceptors (Lipinski definition) is 6. The number of methoxy groups -OCH3 is 1. The van der Waals surface area contributed by atoms with E-state index < -0.39 is 0 Å². The Hall–Kier alpha value is -3.48. The number of aromatic amines is 1. The van der Waals surface area contributed by atoms with Crippen LogP contribution in [-0.2, 0) is 0 Å². The Labute approximate surface area is 143 Å². The summed E-state index contributed by atoms with van der Waals surface area (Å²) in [7, 11) is 1.61. The second-order valence-corrected chi connectivity index (χ2v) is 5.42. The molecule has 7 nitrogen and oxygen atoms in total. The van der Waals surface area contributed by atoms with Gasteiger partial charge in [0.25, 0.3) is 5.89 Å². The van der Waals surface area contributed by atoms with E-state index in [-0.39, 0.29) is 0 Å². The highest BCUT2D eigenvalue weighted by atomic mass is 16.5. The minimum Gasteiger partial charge on any atom is -0.495 e. The summed E-state index contributed by atoms with van der Waals surface area (Å²) in [4.78, 5) is 4.10. The van der Waals surface area contributed by atoms with Gasteiger partial charge in [-0.3, -0.25) is 10.1 Å². The summed E-state index contributed by atoms with van der Waals surface area (Å²) in [5.41, 5.74) is 3.34. The van der Waals surface area contributed by atoms with Crippen molar-refractivity contribution in [3.8, 4) is 17.2 Å². The molecule has 4 aromatic rings. The van der Waals surface area contributed by atoms with E-state index in [4.69, 9.17) is 9.15 Å². The first-order chi connectivity index (χ1) is 12.3. The van der Waals surface area contributed by atoms with E-state index in [1.807, 2.05) is 36.4 Å². The molecule has 25 heavy (non-hydrogen) atoms. The average molecular weight is 333 g/mol. The number of aromatic nitrogens is 5. The van der Waals surface area contributed by atoms with Crippen LogP contribution in [0.4, 0.5) is 0 Å². The lowest BCUT2D eigenvalue weighted by Gasteiger charge is -2.07. The smallest absolute Gasteiger partial charge is 0.251 e. The number of rotatable bonds is 4. The molecule has 0 aliphatic heterocycles. The zero-order chi connectivity index (χ0) is 17.2. The van der Waals surface area contributed by atoms with Crippen molar-refractivity contribution in [1.82, 2.24) is 25.4 Å². The number of pyridine rings is 1. The molecule has 0 spiro atoms. The molecule has 0 radical (unpaired) electrons. The predicted octanol–water partition coefficient (Wildman–Crippen LogP) is 3.50. The minimum absolute atomic E-state index is 0.416. The van der Waals surface area contributed by atoms with E-state index in [1.54, 1.807) is 26.4 Å². The van der Waals surface area contributed by atoms with Gasteiger partial charge in [-0.15, -0.1) is 10.2 Å². The zero-order valence-electron chi connectivity index (χ0n) is 13.7. The molecule has 7 heteroatoms. The molecule has 0 unspecified atom stereocenters. The Kier molecular flexibility index (Phi) is 3.74. The summed E-state index contributed by atoms with van der Waals surface area (Å²) in [5.74, 6) is 1.56. The molecule has 3 aromatic heterocycles. The number of H-pyrrole nitrogens is 1. The van der Waals surface area contributed by atoms with Crippen molar-refractivity contribution in [2.45, 2.75) is 6.92 Å². The van der Waals surface area contributed by atoms with Gasteiger partial charge >= 0.3 is 0 Å². The molecule has 0 aliphatic carbocycles. The first-order valence-corrected chi connectivity index (χ1v) is 7.70. The molecule has 0 aliphatic rings. The van der Waals surface area contributed by atoms with E-state index in [0.29, 0.717) is 17.5 Å². The Morgan fingerprint density at radius 3 is 2.80 bits per heavy atom. The van der Waals surface area contributed by atoms with E-state index >= 15 is 0 Å². The number of ether oxygens (including phenoxy) is 1. The molecule has 4 rings (SSSR count). The lowest BCUT2D eigenvalue weighted by molar-refractivity contribution is 0.418. The monoisotopic (exact) mass is 333 g/mol. The van der Waals surface area contributed by atoms with E-state index in [1.165, 1.54) is 0 Å². The summed E-state index contributed by atoms with van der Waals surface area (Å²) in [5, 5.41) is 16.2. The van der Waals surface area contributed by atoms with Crippen molar-refractivity contribution < 1.29 is 9.15 Å². The van der Waals surface area contributed by atoms with Gasteiger partial charge < -0.3 is 9.15 Å². The molecule has 0 fully saturated rings. The van der Waals surface area contributed by atoms with Crippen molar-refractivity contribution in [3.63, 3.8) is 0 Å². The molecule has 0 bridgehead atoms. The van der Waals surface area contributed by atoms with Crippen LogP contribution >= 0.6 is 0 Å². The molecular weight excluding hydrogens is 318 g/mol. The van der Waals surface area contributed by atoms with Gasteiger partial charge in [0.1, 0.15) is 5.75 Å². The van der Waals surface area contributed by atoms with Crippen molar-refractivity contribution in [2.24, 2.45) is 0 Å². The van der Waals surface area contributed by atoms with Gasteiger partial charge in [-0.05, 0) is 29.8 Å².